The molecule has 0 aliphatic carbocycles. The van der Waals surface area contributed by atoms with Crippen LogP contribution < -0.4 is 10.1 Å². The van der Waals surface area contributed by atoms with Gasteiger partial charge in [0.05, 0.1) is 6.54 Å². The quantitative estimate of drug-likeness (QED) is 0.687. The maximum Gasteiger partial charge on any atom is 0.125 e. The number of ether oxygens (including phenoxy) is 1. The SMILES string of the molecule is Cc1cccc(C)c1OC(C)CNc1cccc2ccccc12. The third-order valence-electron chi connectivity index (χ3n) is 4.10. The van der Waals surface area contributed by atoms with E-state index in [1.807, 2.05) is 0 Å². The van der Waals surface area contributed by atoms with Crippen molar-refractivity contribution in [2.75, 3.05) is 11.9 Å². The molecule has 2 heteroatoms. The van der Waals surface area contributed by atoms with Gasteiger partial charge in [0.2, 0.25) is 0 Å². The van der Waals surface area contributed by atoms with Crippen molar-refractivity contribution in [1.82, 2.24) is 0 Å². The average Bonchev–Trinajstić information content (AvgIpc) is 2.56. The van der Waals surface area contributed by atoms with Crippen molar-refractivity contribution in [2.45, 2.75) is 26.9 Å². The molecule has 0 bridgehead atoms. The van der Waals surface area contributed by atoms with Crippen LogP contribution in [0.1, 0.15) is 18.1 Å². The minimum absolute atomic E-state index is 0.0915. The van der Waals surface area contributed by atoms with E-state index >= 15 is 0 Å². The Labute approximate surface area is 138 Å². The number of anilines is 1. The lowest BCUT2D eigenvalue weighted by molar-refractivity contribution is 0.231. The number of aryl methyl sites for hydroxylation is 2. The monoisotopic (exact) mass is 305 g/mol. The summed E-state index contributed by atoms with van der Waals surface area (Å²) in [5, 5.41) is 6.02. The Morgan fingerprint density at radius 1 is 0.870 bits per heavy atom. The van der Waals surface area contributed by atoms with Crippen molar-refractivity contribution in [3.05, 3.63) is 71.8 Å². The van der Waals surface area contributed by atoms with Gasteiger partial charge in [0, 0.05) is 11.1 Å². The molecule has 0 spiro atoms. The van der Waals surface area contributed by atoms with Gasteiger partial charge in [0.1, 0.15) is 11.9 Å². The van der Waals surface area contributed by atoms with Gasteiger partial charge in [-0.15, -0.1) is 0 Å². The van der Waals surface area contributed by atoms with Crippen molar-refractivity contribution in [1.29, 1.82) is 0 Å². The molecule has 3 rings (SSSR count). The van der Waals surface area contributed by atoms with E-state index in [2.05, 4.69) is 86.8 Å². The largest absolute Gasteiger partial charge is 0.488 e. The molecule has 23 heavy (non-hydrogen) atoms. The van der Waals surface area contributed by atoms with E-state index in [0.717, 1.165) is 18.0 Å². The summed E-state index contributed by atoms with van der Waals surface area (Å²) in [7, 11) is 0. The third-order valence-corrected chi connectivity index (χ3v) is 4.10. The molecule has 1 atom stereocenters. The molecule has 0 aliphatic heterocycles. The molecule has 1 N–H and O–H groups in total. The Bertz CT molecular complexity index is 784. The lowest BCUT2D eigenvalue weighted by Gasteiger charge is -2.19. The van der Waals surface area contributed by atoms with E-state index in [1.54, 1.807) is 0 Å². The first-order valence-corrected chi connectivity index (χ1v) is 8.09. The van der Waals surface area contributed by atoms with Gasteiger partial charge >= 0.3 is 0 Å². The fourth-order valence-electron chi connectivity index (χ4n) is 2.86. The molecule has 1 unspecified atom stereocenters. The number of hydrogen-bond acceptors (Lipinski definition) is 2. The lowest BCUT2D eigenvalue weighted by atomic mass is 10.1. The van der Waals surface area contributed by atoms with Crippen LogP contribution in [-0.4, -0.2) is 12.6 Å². The van der Waals surface area contributed by atoms with Crippen LogP contribution in [0.4, 0.5) is 5.69 Å². The molecular formula is C21H23NO. The topological polar surface area (TPSA) is 21.3 Å². The Balaban J connectivity index is 1.70. The van der Waals surface area contributed by atoms with Gasteiger partial charge < -0.3 is 10.1 Å². The lowest BCUT2D eigenvalue weighted by Crippen LogP contribution is -2.23. The van der Waals surface area contributed by atoms with E-state index in [-0.39, 0.29) is 6.10 Å². The second-order valence-corrected chi connectivity index (χ2v) is 6.06. The standard InChI is InChI=1S/C21H23NO/c1-15-8-6-9-16(2)21(15)23-17(3)14-22-20-13-7-11-18-10-4-5-12-19(18)20/h4-13,17,22H,14H2,1-3H3. The maximum absolute atomic E-state index is 6.15. The minimum atomic E-state index is 0.0915. The molecule has 3 aromatic carbocycles. The number of benzene rings is 3. The fourth-order valence-corrected chi connectivity index (χ4v) is 2.86. The van der Waals surface area contributed by atoms with Crippen LogP contribution in [-0.2, 0) is 0 Å². The van der Waals surface area contributed by atoms with Crippen LogP contribution in [0, 0.1) is 13.8 Å². The molecule has 118 valence electrons. The van der Waals surface area contributed by atoms with E-state index in [1.165, 1.54) is 21.9 Å². The highest BCUT2D eigenvalue weighted by Gasteiger charge is 2.09. The van der Waals surface area contributed by atoms with Crippen LogP contribution >= 0.6 is 0 Å². The first kappa shape index (κ1) is 15.4. The Kier molecular flexibility index (Phi) is 4.52. The number of rotatable bonds is 5. The number of fused-ring (bicyclic) bond motifs is 1. The van der Waals surface area contributed by atoms with Crippen molar-refractivity contribution < 1.29 is 4.74 Å². The summed E-state index contributed by atoms with van der Waals surface area (Å²) >= 11 is 0. The summed E-state index contributed by atoms with van der Waals surface area (Å²) < 4.78 is 6.15. The zero-order chi connectivity index (χ0) is 16.2. The van der Waals surface area contributed by atoms with Gasteiger partial charge in [-0.25, -0.2) is 0 Å². The van der Waals surface area contributed by atoms with Crippen molar-refractivity contribution in [2.24, 2.45) is 0 Å². The zero-order valence-electron chi connectivity index (χ0n) is 14.0. The molecule has 0 aliphatic rings. The van der Waals surface area contributed by atoms with Crippen LogP contribution in [0.3, 0.4) is 0 Å². The minimum Gasteiger partial charge on any atom is -0.488 e. The highest BCUT2D eigenvalue weighted by molar-refractivity contribution is 5.93. The number of para-hydroxylation sites is 1. The number of hydrogen-bond donors (Lipinski definition) is 1. The van der Waals surface area contributed by atoms with E-state index < -0.39 is 0 Å². The fraction of sp³-hybridized carbons (Fsp3) is 0.238. The summed E-state index contributed by atoms with van der Waals surface area (Å²) in [4.78, 5) is 0. The van der Waals surface area contributed by atoms with Crippen molar-refractivity contribution in [3.8, 4) is 5.75 Å². The van der Waals surface area contributed by atoms with Crippen LogP contribution in [0.2, 0.25) is 0 Å². The maximum atomic E-state index is 6.15. The van der Waals surface area contributed by atoms with Crippen LogP contribution in [0.5, 0.6) is 5.75 Å². The van der Waals surface area contributed by atoms with Crippen molar-refractivity contribution in [3.63, 3.8) is 0 Å². The molecular weight excluding hydrogens is 282 g/mol. The van der Waals surface area contributed by atoms with Crippen LogP contribution in [0.15, 0.2) is 60.7 Å². The summed E-state index contributed by atoms with van der Waals surface area (Å²) in [5.41, 5.74) is 3.52. The molecule has 3 aromatic rings. The smallest absolute Gasteiger partial charge is 0.125 e. The predicted molar refractivity (Wildman–Crippen MR) is 98.4 cm³/mol. The van der Waals surface area contributed by atoms with Gasteiger partial charge in [0.25, 0.3) is 0 Å². The van der Waals surface area contributed by atoms with Gasteiger partial charge in [-0.05, 0) is 43.4 Å². The first-order chi connectivity index (χ1) is 11.1. The normalized spacial score (nSPS) is 12.1. The molecule has 0 saturated heterocycles. The van der Waals surface area contributed by atoms with Gasteiger partial charge in [-0.3, -0.25) is 0 Å². The number of nitrogens with one attached hydrogen (secondary N) is 1. The molecule has 0 aromatic heterocycles. The Morgan fingerprint density at radius 3 is 2.30 bits per heavy atom. The second kappa shape index (κ2) is 6.74. The first-order valence-electron chi connectivity index (χ1n) is 8.09. The Morgan fingerprint density at radius 2 is 1.52 bits per heavy atom. The van der Waals surface area contributed by atoms with Crippen molar-refractivity contribution >= 4 is 16.5 Å². The highest BCUT2D eigenvalue weighted by Crippen LogP contribution is 2.25. The Hall–Kier alpha value is -2.48. The van der Waals surface area contributed by atoms with E-state index in [9.17, 15) is 0 Å². The van der Waals surface area contributed by atoms with Gasteiger partial charge in [-0.1, -0.05) is 54.6 Å². The summed E-state index contributed by atoms with van der Waals surface area (Å²) in [6.07, 6.45) is 0.0915. The van der Waals surface area contributed by atoms with E-state index in [0.29, 0.717) is 0 Å². The molecule has 0 saturated carbocycles. The van der Waals surface area contributed by atoms with Gasteiger partial charge in [0.15, 0.2) is 0 Å². The van der Waals surface area contributed by atoms with E-state index in [4.69, 9.17) is 4.74 Å². The second-order valence-electron chi connectivity index (χ2n) is 6.06. The molecule has 0 amide bonds. The molecule has 2 nitrogen and oxygen atoms in total. The third kappa shape index (κ3) is 3.48. The zero-order valence-corrected chi connectivity index (χ0v) is 14.0. The van der Waals surface area contributed by atoms with Gasteiger partial charge in [-0.2, -0.15) is 0 Å². The average molecular weight is 305 g/mol. The summed E-state index contributed by atoms with van der Waals surface area (Å²) in [6.45, 7) is 7.05. The molecule has 0 fully saturated rings. The summed E-state index contributed by atoms with van der Waals surface area (Å²) in [6, 6.07) is 21.0. The van der Waals surface area contributed by atoms with Crippen LogP contribution in [0.25, 0.3) is 10.8 Å². The summed E-state index contributed by atoms with van der Waals surface area (Å²) in [5.74, 6) is 1.000. The molecule has 0 heterocycles. The predicted octanol–water partition coefficient (Wildman–Crippen LogP) is 5.34. The highest BCUT2D eigenvalue weighted by atomic mass is 16.5. The molecule has 0 radical (unpaired) electrons.